The highest BCUT2D eigenvalue weighted by Gasteiger charge is 2.38. The van der Waals surface area contributed by atoms with E-state index in [0.717, 1.165) is 5.56 Å². The van der Waals surface area contributed by atoms with E-state index in [0.29, 0.717) is 0 Å². The molecule has 3 N–H and O–H groups in total. The monoisotopic (exact) mass is 251 g/mol. The van der Waals surface area contributed by atoms with Crippen LogP contribution in [0.5, 0.6) is 0 Å². The van der Waals surface area contributed by atoms with Crippen molar-refractivity contribution in [2.75, 3.05) is 13.2 Å². The molecule has 3 heteroatoms. The normalized spacial score (nSPS) is 17.2. The zero-order valence-corrected chi connectivity index (χ0v) is 11.8. The SMILES string of the molecule is CC(C)(C)[C@](C)(CO)N[C@@H](CO)c1ccccc1. The summed E-state index contributed by atoms with van der Waals surface area (Å²) < 4.78 is 0. The number of aliphatic hydroxyl groups is 2. The van der Waals surface area contributed by atoms with E-state index < -0.39 is 5.54 Å². The zero-order valence-electron chi connectivity index (χ0n) is 11.8. The van der Waals surface area contributed by atoms with Crippen LogP contribution in [0.3, 0.4) is 0 Å². The van der Waals surface area contributed by atoms with Crippen molar-refractivity contribution in [1.29, 1.82) is 0 Å². The summed E-state index contributed by atoms with van der Waals surface area (Å²) in [5, 5.41) is 22.6. The van der Waals surface area contributed by atoms with Gasteiger partial charge < -0.3 is 10.2 Å². The lowest BCUT2D eigenvalue weighted by Crippen LogP contribution is -2.57. The second-order valence-electron chi connectivity index (χ2n) is 6.03. The molecular formula is C15H25NO2. The molecule has 0 fully saturated rings. The third-order valence-electron chi connectivity index (χ3n) is 3.85. The molecule has 0 saturated carbocycles. The number of hydrogen-bond acceptors (Lipinski definition) is 3. The van der Waals surface area contributed by atoms with Crippen LogP contribution in [0.1, 0.15) is 39.3 Å². The van der Waals surface area contributed by atoms with Gasteiger partial charge in [0.1, 0.15) is 0 Å². The Morgan fingerprint density at radius 1 is 1.06 bits per heavy atom. The standard InChI is InChI=1S/C15H25NO2/c1-14(2,3)15(4,11-18)16-13(10-17)12-8-6-5-7-9-12/h5-9,13,16-18H,10-11H2,1-4H3/t13-,15-/m0/s1. The van der Waals surface area contributed by atoms with Gasteiger partial charge >= 0.3 is 0 Å². The predicted molar refractivity (Wildman–Crippen MR) is 74.4 cm³/mol. The van der Waals surface area contributed by atoms with E-state index in [4.69, 9.17) is 0 Å². The van der Waals surface area contributed by atoms with E-state index in [-0.39, 0.29) is 24.7 Å². The van der Waals surface area contributed by atoms with Crippen molar-refractivity contribution in [3.63, 3.8) is 0 Å². The maximum Gasteiger partial charge on any atom is 0.0626 e. The predicted octanol–water partition coefficient (Wildman–Crippen LogP) is 2.11. The Kier molecular flexibility index (Phi) is 4.91. The smallest absolute Gasteiger partial charge is 0.0626 e. The highest BCUT2D eigenvalue weighted by Crippen LogP contribution is 2.32. The molecule has 0 heterocycles. The molecule has 0 bridgehead atoms. The Morgan fingerprint density at radius 3 is 2.00 bits per heavy atom. The number of benzene rings is 1. The van der Waals surface area contributed by atoms with Crippen LogP contribution in [0.2, 0.25) is 0 Å². The molecule has 1 aromatic rings. The number of aliphatic hydroxyl groups excluding tert-OH is 2. The van der Waals surface area contributed by atoms with Gasteiger partial charge in [0.15, 0.2) is 0 Å². The van der Waals surface area contributed by atoms with Gasteiger partial charge in [0.05, 0.1) is 19.3 Å². The molecule has 0 aliphatic heterocycles. The van der Waals surface area contributed by atoms with Crippen molar-refractivity contribution in [1.82, 2.24) is 5.32 Å². The molecule has 0 aliphatic carbocycles. The highest BCUT2D eigenvalue weighted by molar-refractivity contribution is 5.20. The quantitative estimate of drug-likeness (QED) is 0.751. The summed E-state index contributed by atoms with van der Waals surface area (Å²) in [5.41, 5.74) is 0.476. The van der Waals surface area contributed by atoms with Gasteiger partial charge in [-0.2, -0.15) is 0 Å². The molecule has 0 aliphatic rings. The third-order valence-corrected chi connectivity index (χ3v) is 3.85. The summed E-state index contributed by atoms with van der Waals surface area (Å²) in [5.74, 6) is 0. The zero-order chi connectivity index (χ0) is 13.8. The molecular weight excluding hydrogens is 226 g/mol. The minimum atomic E-state index is -0.448. The lowest BCUT2D eigenvalue weighted by molar-refractivity contribution is 0.0543. The van der Waals surface area contributed by atoms with E-state index in [1.54, 1.807) is 0 Å². The van der Waals surface area contributed by atoms with Gasteiger partial charge in [0, 0.05) is 5.54 Å². The summed E-state index contributed by atoms with van der Waals surface area (Å²) in [6.45, 7) is 8.26. The average molecular weight is 251 g/mol. The maximum atomic E-state index is 9.67. The highest BCUT2D eigenvalue weighted by atomic mass is 16.3. The van der Waals surface area contributed by atoms with Crippen LogP contribution in [0.4, 0.5) is 0 Å². The van der Waals surface area contributed by atoms with Crippen LogP contribution in [-0.2, 0) is 0 Å². The molecule has 0 unspecified atom stereocenters. The molecule has 18 heavy (non-hydrogen) atoms. The second-order valence-corrected chi connectivity index (χ2v) is 6.03. The Bertz CT molecular complexity index is 359. The summed E-state index contributed by atoms with van der Waals surface area (Å²) in [7, 11) is 0. The van der Waals surface area contributed by atoms with Gasteiger partial charge in [-0.05, 0) is 17.9 Å². The molecule has 0 amide bonds. The topological polar surface area (TPSA) is 52.5 Å². The van der Waals surface area contributed by atoms with Gasteiger partial charge in [-0.3, -0.25) is 5.32 Å². The largest absolute Gasteiger partial charge is 0.394 e. The van der Waals surface area contributed by atoms with Gasteiger partial charge in [-0.1, -0.05) is 51.1 Å². The molecule has 0 saturated heterocycles. The van der Waals surface area contributed by atoms with E-state index in [2.05, 4.69) is 26.1 Å². The molecule has 1 aromatic carbocycles. The lowest BCUT2D eigenvalue weighted by Gasteiger charge is -2.43. The van der Waals surface area contributed by atoms with Crippen molar-refractivity contribution in [2.24, 2.45) is 5.41 Å². The Hall–Kier alpha value is -0.900. The van der Waals surface area contributed by atoms with E-state index in [1.165, 1.54) is 0 Å². The van der Waals surface area contributed by atoms with Crippen LogP contribution in [0.15, 0.2) is 30.3 Å². The first-order chi connectivity index (χ1) is 8.34. The van der Waals surface area contributed by atoms with E-state index in [9.17, 15) is 10.2 Å². The summed E-state index contributed by atoms with van der Waals surface area (Å²) in [4.78, 5) is 0. The van der Waals surface area contributed by atoms with Crippen LogP contribution in [0, 0.1) is 5.41 Å². The molecule has 1 rings (SSSR count). The van der Waals surface area contributed by atoms with Crippen molar-refractivity contribution in [3.8, 4) is 0 Å². The molecule has 0 spiro atoms. The van der Waals surface area contributed by atoms with Crippen LogP contribution in [-0.4, -0.2) is 29.0 Å². The van der Waals surface area contributed by atoms with Crippen molar-refractivity contribution in [3.05, 3.63) is 35.9 Å². The van der Waals surface area contributed by atoms with Crippen LogP contribution < -0.4 is 5.32 Å². The summed E-state index contributed by atoms with van der Waals surface area (Å²) in [6, 6.07) is 9.65. The third kappa shape index (κ3) is 3.31. The first-order valence-corrected chi connectivity index (χ1v) is 6.38. The minimum absolute atomic E-state index is 0.00961. The minimum Gasteiger partial charge on any atom is -0.394 e. The second kappa shape index (κ2) is 5.83. The fourth-order valence-electron chi connectivity index (χ4n) is 1.80. The lowest BCUT2D eigenvalue weighted by atomic mass is 9.74. The van der Waals surface area contributed by atoms with E-state index >= 15 is 0 Å². The van der Waals surface area contributed by atoms with Gasteiger partial charge in [0.25, 0.3) is 0 Å². The first kappa shape index (κ1) is 15.2. The van der Waals surface area contributed by atoms with Gasteiger partial charge in [-0.25, -0.2) is 0 Å². The molecule has 0 radical (unpaired) electrons. The van der Waals surface area contributed by atoms with E-state index in [1.807, 2.05) is 37.3 Å². The summed E-state index contributed by atoms with van der Waals surface area (Å²) >= 11 is 0. The number of hydrogen-bond donors (Lipinski definition) is 3. The first-order valence-electron chi connectivity index (χ1n) is 6.38. The van der Waals surface area contributed by atoms with Crippen LogP contribution >= 0.6 is 0 Å². The molecule has 3 nitrogen and oxygen atoms in total. The fraction of sp³-hybridized carbons (Fsp3) is 0.600. The van der Waals surface area contributed by atoms with Crippen LogP contribution in [0.25, 0.3) is 0 Å². The number of rotatable bonds is 5. The van der Waals surface area contributed by atoms with Gasteiger partial charge in [-0.15, -0.1) is 0 Å². The van der Waals surface area contributed by atoms with Gasteiger partial charge in [0.2, 0.25) is 0 Å². The molecule has 102 valence electrons. The Balaban J connectivity index is 2.92. The van der Waals surface area contributed by atoms with Crippen molar-refractivity contribution >= 4 is 0 Å². The van der Waals surface area contributed by atoms with Crippen molar-refractivity contribution in [2.45, 2.75) is 39.3 Å². The fourth-order valence-corrected chi connectivity index (χ4v) is 1.80. The Labute approximate surface area is 110 Å². The summed E-state index contributed by atoms with van der Waals surface area (Å²) in [6.07, 6.45) is 0. The Morgan fingerprint density at radius 2 is 1.61 bits per heavy atom. The molecule has 0 aromatic heterocycles. The maximum absolute atomic E-state index is 9.67. The van der Waals surface area contributed by atoms with Crippen molar-refractivity contribution < 1.29 is 10.2 Å². The molecule has 2 atom stereocenters. The average Bonchev–Trinajstić information content (AvgIpc) is 2.35. The number of nitrogens with one attached hydrogen (secondary N) is 1.